The van der Waals surface area contributed by atoms with E-state index in [1.807, 2.05) is 33.9 Å². The van der Waals surface area contributed by atoms with Crippen LogP contribution in [0.2, 0.25) is 0 Å². The van der Waals surface area contributed by atoms with Gasteiger partial charge in [0.1, 0.15) is 23.0 Å². The summed E-state index contributed by atoms with van der Waals surface area (Å²) in [4.78, 5) is 21.4. The average Bonchev–Trinajstić information content (AvgIpc) is 3.35. The number of hydrogen-bond acceptors (Lipinski definition) is 5. The van der Waals surface area contributed by atoms with Crippen molar-refractivity contribution in [3.05, 3.63) is 71.3 Å². The van der Waals surface area contributed by atoms with Crippen molar-refractivity contribution in [1.82, 2.24) is 14.5 Å². The summed E-state index contributed by atoms with van der Waals surface area (Å²) < 4.78 is 52.2. The number of aromatic nitrogens is 2. The third-order valence-corrected chi connectivity index (χ3v) is 7.20. The van der Waals surface area contributed by atoms with Crippen molar-refractivity contribution < 1.29 is 27.4 Å². The van der Waals surface area contributed by atoms with Gasteiger partial charge in [0.2, 0.25) is 0 Å². The minimum Gasteiger partial charge on any atom is -0.497 e. The second-order valence-electron chi connectivity index (χ2n) is 9.37. The minimum atomic E-state index is -4.38. The van der Waals surface area contributed by atoms with E-state index in [2.05, 4.69) is 4.98 Å². The molecule has 196 valence electrons. The van der Waals surface area contributed by atoms with Gasteiger partial charge >= 0.3 is 6.18 Å². The molecule has 1 aromatic heterocycles. The van der Waals surface area contributed by atoms with Crippen molar-refractivity contribution in [2.75, 3.05) is 45.3 Å². The molecule has 3 heterocycles. The minimum absolute atomic E-state index is 0.149. The normalized spacial score (nSPS) is 17.9. The second-order valence-corrected chi connectivity index (χ2v) is 9.37. The molecular weight excluding hydrogens is 485 g/mol. The highest BCUT2D eigenvalue weighted by molar-refractivity contribution is 5.92. The van der Waals surface area contributed by atoms with Gasteiger partial charge in [0.25, 0.3) is 5.91 Å². The first-order valence-electron chi connectivity index (χ1n) is 12.3. The third kappa shape index (κ3) is 5.10. The number of aryl methyl sites for hydroxylation is 1. The molecule has 0 bridgehead atoms. The fraction of sp³-hybridized carbons (Fsp3) is 0.407. The molecule has 5 rings (SSSR count). The number of nitrogens with zero attached hydrogens (tertiary/aromatic N) is 4. The lowest BCUT2D eigenvalue weighted by molar-refractivity contribution is -0.137. The van der Waals surface area contributed by atoms with Gasteiger partial charge < -0.3 is 23.8 Å². The quantitative estimate of drug-likeness (QED) is 0.498. The first kappa shape index (κ1) is 25.0. The third-order valence-electron chi connectivity index (χ3n) is 7.20. The maximum atomic E-state index is 13.2. The Labute approximate surface area is 213 Å². The number of methoxy groups -OCH3 is 2. The van der Waals surface area contributed by atoms with Crippen molar-refractivity contribution in [3.8, 4) is 11.5 Å². The van der Waals surface area contributed by atoms with Crippen LogP contribution in [0.25, 0.3) is 0 Å². The van der Waals surface area contributed by atoms with Crippen molar-refractivity contribution in [3.63, 3.8) is 0 Å². The number of amides is 1. The van der Waals surface area contributed by atoms with Gasteiger partial charge in [-0.25, -0.2) is 4.98 Å². The topological polar surface area (TPSA) is 59.8 Å². The number of carbonyl (C=O) groups excluding carboxylic acids is 1. The number of hydrogen-bond donors (Lipinski definition) is 0. The molecule has 0 saturated carbocycles. The summed E-state index contributed by atoms with van der Waals surface area (Å²) in [6.07, 6.45) is -0.927. The van der Waals surface area contributed by atoms with Gasteiger partial charge in [-0.05, 0) is 36.2 Å². The monoisotopic (exact) mass is 514 g/mol. The summed E-state index contributed by atoms with van der Waals surface area (Å²) in [5.41, 5.74) is 1.35. The summed E-state index contributed by atoms with van der Waals surface area (Å²) in [6.45, 7) is 2.45. The van der Waals surface area contributed by atoms with E-state index in [4.69, 9.17) is 9.47 Å². The Bertz CT molecular complexity index is 1280. The Hall–Kier alpha value is -3.69. The lowest BCUT2D eigenvalue weighted by Gasteiger charge is -2.36. The van der Waals surface area contributed by atoms with E-state index in [0.29, 0.717) is 44.1 Å². The molecule has 2 aromatic carbocycles. The lowest BCUT2D eigenvalue weighted by Crippen LogP contribution is -2.49. The van der Waals surface area contributed by atoms with Crippen molar-refractivity contribution in [2.24, 2.45) is 0 Å². The molecule has 1 saturated heterocycles. The van der Waals surface area contributed by atoms with Crippen LogP contribution in [0.4, 0.5) is 18.9 Å². The number of benzene rings is 2. The SMILES string of the molecule is COc1ccc(C2CCc3nc(C(=O)N4CCN(c5cccc(C(F)(F)F)c5)CC4)cn3C2)c(OC)c1. The number of anilines is 1. The molecule has 3 aromatic rings. The molecule has 1 atom stereocenters. The molecule has 37 heavy (non-hydrogen) atoms. The van der Waals surface area contributed by atoms with Crippen molar-refractivity contribution in [1.29, 1.82) is 0 Å². The van der Waals surface area contributed by atoms with E-state index in [1.165, 1.54) is 6.07 Å². The van der Waals surface area contributed by atoms with Crippen LogP contribution in [0.1, 0.15) is 39.8 Å². The highest BCUT2D eigenvalue weighted by atomic mass is 19.4. The number of alkyl halides is 3. The van der Waals surface area contributed by atoms with Crippen LogP contribution in [0.3, 0.4) is 0 Å². The zero-order chi connectivity index (χ0) is 26.2. The molecule has 1 amide bonds. The molecule has 0 spiro atoms. The van der Waals surface area contributed by atoms with E-state index in [9.17, 15) is 18.0 Å². The highest BCUT2D eigenvalue weighted by Crippen LogP contribution is 2.37. The Balaban J connectivity index is 1.24. The molecule has 0 radical (unpaired) electrons. The van der Waals surface area contributed by atoms with E-state index >= 15 is 0 Å². The average molecular weight is 515 g/mol. The number of fused-ring (bicyclic) bond motifs is 1. The van der Waals surface area contributed by atoms with Crippen LogP contribution >= 0.6 is 0 Å². The predicted octanol–water partition coefficient (Wildman–Crippen LogP) is 4.61. The fourth-order valence-corrected chi connectivity index (χ4v) is 5.17. The smallest absolute Gasteiger partial charge is 0.416 e. The van der Waals surface area contributed by atoms with Crippen molar-refractivity contribution >= 4 is 11.6 Å². The van der Waals surface area contributed by atoms with Crippen LogP contribution in [-0.4, -0.2) is 60.8 Å². The Morgan fingerprint density at radius 1 is 1.03 bits per heavy atom. The van der Waals surface area contributed by atoms with E-state index in [-0.39, 0.29) is 11.8 Å². The second kappa shape index (κ2) is 9.99. The Morgan fingerprint density at radius 2 is 1.81 bits per heavy atom. The zero-order valence-corrected chi connectivity index (χ0v) is 20.8. The number of rotatable bonds is 5. The van der Waals surface area contributed by atoms with Crippen LogP contribution in [-0.2, 0) is 19.1 Å². The lowest BCUT2D eigenvalue weighted by atomic mass is 9.91. The van der Waals surface area contributed by atoms with E-state index < -0.39 is 11.7 Å². The highest BCUT2D eigenvalue weighted by Gasteiger charge is 2.32. The van der Waals surface area contributed by atoms with Crippen LogP contribution in [0.15, 0.2) is 48.7 Å². The molecule has 0 N–H and O–H groups in total. The Morgan fingerprint density at radius 3 is 2.51 bits per heavy atom. The molecule has 2 aliphatic heterocycles. The Kier molecular flexibility index (Phi) is 6.74. The maximum absolute atomic E-state index is 13.2. The molecule has 1 unspecified atom stereocenters. The largest absolute Gasteiger partial charge is 0.497 e. The predicted molar refractivity (Wildman–Crippen MR) is 132 cm³/mol. The van der Waals surface area contributed by atoms with Gasteiger partial charge in [-0.3, -0.25) is 4.79 Å². The fourth-order valence-electron chi connectivity index (χ4n) is 5.17. The number of piperazine rings is 1. The van der Waals surface area contributed by atoms with Crippen molar-refractivity contribution in [2.45, 2.75) is 31.5 Å². The summed E-state index contributed by atoms with van der Waals surface area (Å²) in [5.74, 6) is 2.48. The molecule has 0 aliphatic carbocycles. The first-order chi connectivity index (χ1) is 17.8. The molecule has 7 nitrogen and oxygen atoms in total. The summed E-state index contributed by atoms with van der Waals surface area (Å²) >= 11 is 0. The standard InChI is InChI=1S/C27H29F3N4O3/c1-36-21-7-8-22(24(15-21)37-2)18-6-9-25-31-23(17-34(25)16-18)26(35)33-12-10-32(11-13-33)20-5-3-4-19(14-20)27(28,29)30/h3-5,7-8,14-15,17-18H,6,9-13,16H2,1-2H3. The number of carbonyl (C=O) groups is 1. The van der Waals surface area contributed by atoms with Gasteiger partial charge in [-0.15, -0.1) is 0 Å². The van der Waals surface area contributed by atoms with Gasteiger partial charge in [-0.2, -0.15) is 13.2 Å². The van der Waals surface area contributed by atoms with Crippen LogP contribution in [0, 0.1) is 0 Å². The van der Waals surface area contributed by atoms with Gasteiger partial charge in [-0.1, -0.05) is 12.1 Å². The van der Waals surface area contributed by atoms with Crippen LogP contribution in [0.5, 0.6) is 11.5 Å². The zero-order valence-electron chi connectivity index (χ0n) is 20.8. The summed E-state index contributed by atoms with van der Waals surface area (Å²) in [5, 5.41) is 0. The maximum Gasteiger partial charge on any atom is 0.416 e. The molecule has 10 heteroatoms. The first-order valence-corrected chi connectivity index (χ1v) is 12.3. The number of imidazole rings is 1. The molecular formula is C27H29F3N4O3. The van der Waals surface area contributed by atoms with E-state index in [1.54, 1.807) is 25.2 Å². The summed E-state index contributed by atoms with van der Waals surface area (Å²) in [6, 6.07) is 11.2. The van der Waals surface area contributed by atoms with Gasteiger partial charge in [0.15, 0.2) is 0 Å². The van der Waals surface area contributed by atoms with Crippen LogP contribution < -0.4 is 14.4 Å². The number of halogens is 3. The molecule has 2 aliphatic rings. The molecule has 1 fully saturated rings. The van der Waals surface area contributed by atoms with E-state index in [0.717, 1.165) is 47.9 Å². The van der Waals surface area contributed by atoms with Gasteiger partial charge in [0.05, 0.1) is 19.8 Å². The number of ether oxygens (including phenoxy) is 2. The summed E-state index contributed by atoms with van der Waals surface area (Å²) in [7, 11) is 3.27. The van der Waals surface area contributed by atoms with Gasteiger partial charge in [0, 0.05) is 63.0 Å².